The van der Waals surface area contributed by atoms with E-state index in [0.29, 0.717) is 22.2 Å². The number of amides is 1. The lowest BCUT2D eigenvalue weighted by Crippen LogP contribution is -2.42. The van der Waals surface area contributed by atoms with Crippen LogP contribution < -0.4 is 10.1 Å². The van der Waals surface area contributed by atoms with Gasteiger partial charge in [-0.2, -0.15) is 0 Å². The van der Waals surface area contributed by atoms with Gasteiger partial charge in [-0.25, -0.2) is 4.79 Å². The normalized spacial score (nSPS) is 11.7. The molecule has 0 fully saturated rings. The van der Waals surface area contributed by atoms with Gasteiger partial charge in [0, 0.05) is 18.0 Å². The van der Waals surface area contributed by atoms with Gasteiger partial charge in [-0.15, -0.1) is 0 Å². The van der Waals surface area contributed by atoms with E-state index in [1.807, 2.05) is 12.1 Å². The quantitative estimate of drug-likeness (QED) is 0.713. The van der Waals surface area contributed by atoms with Crippen LogP contribution in [0.4, 0.5) is 0 Å². The van der Waals surface area contributed by atoms with Crippen LogP contribution in [-0.4, -0.2) is 35.1 Å². The molecule has 2 N–H and O–H groups in total. The molecule has 2 aromatic carbocycles. The molecule has 3 rings (SSSR count). The first-order valence-corrected chi connectivity index (χ1v) is 8.09. The number of carbonyl (C=O) groups excluding carboxylic acids is 1. The zero-order valence-electron chi connectivity index (χ0n) is 14.2. The zero-order valence-corrected chi connectivity index (χ0v) is 14.2. The predicted octanol–water partition coefficient (Wildman–Crippen LogP) is 2.67. The number of aliphatic carboxylic acids is 1. The number of hydrogen-bond acceptors (Lipinski definition) is 4. The molecule has 0 aliphatic rings. The van der Waals surface area contributed by atoms with Crippen molar-refractivity contribution in [2.24, 2.45) is 0 Å². The smallest absolute Gasteiger partial charge is 0.326 e. The Labute approximate surface area is 150 Å². The molecule has 26 heavy (non-hydrogen) atoms. The summed E-state index contributed by atoms with van der Waals surface area (Å²) in [5.41, 5.74) is 1.84. The number of rotatable bonds is 6. The zero-order chi connectivity index (χ0) is 18.5. The van der Waals surface area contributed by atoms with Crippen LogP contribution in [0.25, 0.3) is 10.9 Å². The van der Waals surface area contributed by atoms with Crippen molar-refractivity contribution in [2.75, 3.05) is 7.11 Å². The molecule has 1 heterocycles. The van der Waals surface area contributed by atoms with E-state index >= 15 is 0 Å². The van der Waals surface area contributed by atoms with Gasteiger partial charge in [-0.05, 0) is 29.8 Å². The minimum atomic E-state index is -1.10. The van der Waals surface area contributed by atoms with E-state index < -0.39 is 17.9 Å². The maximum absolute atomic E-state index is 12.7. The molecule has 0 bridgehead atoms. The summed E-state index contributed by atoms with van der Waals surface area (Å²) in [6.45, 7) is 0. The second kappa shape index (κ2) is 7.65. The SMILES string of the molecule is COc1cccc(C[C@H](NC(=O)c2ccnc3ccccc23)C(=O)O)c1. The first-order chi connectivity index (χ1) is 12.6. The molecule has 132 valence electrons. The molecule has 0 saturated heterocycles. The molecular weight excluding hydrogens is 332 g/mol. The van der Waals surface area contributed by atoms with Gasteiger partial charge in [-0.3, -0.25) is 9.78 Å². The fraction of sp³-hybridized carbons (Fsp3) is 0.150. The van der Waals surface area contributed by atoms with Crippen LogP contribution in [0, 0.1) is 0 Å². The number of methoxy groups -OCH3 is 1. The van der Waals surface area contributed by atoms with E-state index in [1.54, 1.807) is 49.6 Å². The summed E-state index contributed by atoms with van der Waals surface area (Å²) in [6, 6.07) is 14.9. The van der Waals surface area contributed by atoms with Gasteiger partial charge < -0.3 is 15.2 Å². The Kier molecular flexibility index (Phi) is 5.12. The molecule has 0 aliphatic carbocycles. The highest BCUT2D eigenvalue weighted by Crippen LogP contribution is 2.17. The molecule has 0 unspecified atom stereocenters. The molecular formula is C20H18N2O4. The van der Waals surface area contributed by atoms with Crippen LogP contribution in [-0.2, 0) is 11.2 Å². The number of benzene rings is 2. The van der Waals surface area contributed by atoms with Crippen molar-refractivity contribution in [2.45, 2.75) is 12.5 Å². The lowest BCUT2D eigenvalue weighted by molar-refractivity contribution is -0.139. The lowest BCUT2D eigenvalue weighted by atomic mass is 10.0. The molecule has 1 aromatic heterocycles. The Morgan fingerprint density at radius 3 is 2.73 bits per heavy atom. The Hall–Kier alpha value is -3.41. The highest BCUT2D eigenvalue weighted by molar-refractivity contribution is 6.06. The molecule has 1 amide bonds. The summed E-state index contributed by atoms with van der Waals surface area (Å²) in [4.78, 5) is 28.5. The van der Waals surface area contributed by atoms with Crippen LogP contribution in [0.15, 0.2) is 60.8 Å². The van der Waals surface area contributed by atoms with E-state index in [0.717, 1.165) is 5.56 Å². The van der Waals surface area contributed by atoms with Gasteiger partial charge in [0.1, 0.15) is 11.8 Å². The minimum absolute atomic E-state index is 0.154. The van der Waals surface area contributed by atoms with E-state index in [4.69, 9.17) is 4.74 Å². The van der Waals surface area contributed by atoms with Crippen molar-refractivity contribution in [3.8, 4) is 5.75 Å². The maximum atomic E-state index is 12.7. The highest BCUT2D eigenvalue weighted by Gasteiger charge is 2.22. The summed E-state index contributed by atoms with van der Waals surface area (Å²) in [7, 11) is 1.55. The van der Waals surface area contributed by atoms with Gasteiger partial charge in [0.25, 0.3) is 5.91 Å². The average Bonchev–Trinajstić information content (AvgIpc) is 2.67. The number of ether oxygens (including phenoxy) is 1. The van der Waals surface area contributed by atoms with Crippen molar-refractivity contribution < 1.29 is 19.4 Å². The second-order valence-corrected chi connectivity index (χ2v) is 5.80. The van der Waals surface area contributed by atoms with E-state index in [9.17, 15) is 14.7 Å². The summed E-state index contributed by atoms with van der Waals surface area (Å²) >= 11 is 0. The number of hydrogen-bond donors (Lipinski definition) is 2. The fourth-order valence-corrected chi connectivity index (χ4v) is 2.77. The largest absolute Gasteiger partial charge is 0.497 e. The van der Waals surface area contributed by atoms with Crippen molar-refractivity contribution in [1.82, 2.24) is 10.3 Å². The van der Waals surface area contributed by atoms with Crippen LogP contribution >= 0.6 is 0 Å². The summed E-state index contributed by atoms with van der Waals surface area (Å²) in [6.07, 6.45) is 1.69. The number of pyridine rings is 1. The van der Waals surface area contributed by atoms with Gasteiger partial charge >= 0.3 is 5.97 Å². The lowest BCUT2D eigenvalue weighted by Gasteiger charge is -2.16. The molecule has 6 nitrogen and oxygen atoms in total. The van der Waals surface area contributed by atoms with E-state index in [-0.39, 0.29) is 6.42 Å². The first kappa shape index (κ1) is 17.4. The Bertz CT molecular complexity index is 950. The van der Waals surface area contributed by atoms with E-state index in [1.165, 1.54) is 6.20 Å². The number of fused-ring (bicyclic) bond motifs is 1. The third-order valence-corrected chi connectivity index (χ3v) is 4.07. The van der Waals surface area contributed by atoms with Gasteiger partial charge in [-0.1, -0.05) is 30.3 Å². The standard InChI is InChI=1S/C20H18N2O4/c1-26-14-6-4-5-13(11-14)12-18(20(24)25)22-19(23)16-9-10-21-17-8-3-2-7-15(16)17/h2-11,18H,12H2,1H3,(H,22,23)(H,24,25)/t18-/m0/s1. The maximum Gasteiger partial charge on any atom is 0.326 e. The number of carboxylic acids is 1. The van der Waals surface area contributed by atoms with Crippen LogP contribution in [0.1, 0.15) is 15.9 Å². The van der Waals surface area contributed by atoms with E-state index in [2.05, 4.69) is 10.3 Å². The molecule has 0 radical (unpaired) electrons. The number of para-hydroxylation sites is 1. The van der Waals surface area contributed by atoms with Gasteiger partial charge in [0.05, 0.1) is 18.2 Å². The summed E-state index contributed by atoms with van der Waals surface area (Å²) < 4.78 is 5.15. The monoisotopic (exact) mass is 350 g/mol. The molecule has 1 atom stereocenters. The third-order valence-electron chi connectivity index (χ3n) is 4.07. The van der Waals surface area contributed by atoms with Gasteiger partial charge in [0.2, 0.25) is 0 Å². The number of carboxylic acid groups (broad SMARTS) is 1. The topological polar surface area (TPSA) is 88.5 Å². The molecule has 0 spiro atoms. The molecule has 3 aromatic rings. The Morgan fingerprint density at radius 1 is 1.15 bits per heavy atom. The highest BCUT2D eigenvalue weighted by atomic mass is 16.5. The Balaban J connectivity index is 1.83. The third kappa shape index (κ3) is 3.80. The second-order valence-electron chi connectivity index (χ2n) is 5.80. The number of carbonyl (C=O) groups is 2. The first-order valence-electron chi connectivity index (χ1n) is 8.09. The van der Waals surface area contributed by atoms with Crippen molar-refractivity contribution >= 4 is 22.8 Å². The average molecular weight is 350 g/mol. The fourth-order valence-electron chi connectivity index (χ4n) is 2.77. The predicted molar refractivity (Wildman–Crippen MR) is 97.3 cm³/mol. The Morgan fingerprint density at radius 2 is 1.96 bits per heavy atom. The number of nitrogens with zero attached hydrogens (tertiary/aromatic N) is 1. The molecule has 6 heteroatoms. The van der Waals surface area contributed by atoms with Crippen LogP contribution in [0.5, 0.6) is 5.75 Å². The van der Waals surface area contributed by atoms with Crippen molar-refractivity contribution in [1.29, 1.82) is 0 Å². The molecule has 0 aliphatic heterocycles. The minimum Gasteiger partial charge on any atom is -0.497 e. The molecule has 0 saturated carbocycles. The van der Waals surface area contributed by atoms with Crippen molar-refractivity contribution in [3.05, 3.63) is 71.9 Å². The van der Waals surface area contributed by atoms with Gasteiger partial charge in [0.15, 0.2) is 0 Å². The van der Waals surface area contributed by atoms with Crippen molar-refractivity contribution in [3.63, 3.8) is 0 Å². The summed E-state index contributed by atoms with van der Waals surface area (Å²) in [5, 5.41) is 12.8. The van der Waals surface area contributed by atoms with Crippen LogP contribution in [0.3, 0.4) is 0 Å². The van der Waals surface area contributed by atoms with Crippen LogP contribution in [0.2, 0.25) is 0 Å². The summed E-state index contributed by atoms with van der Waals surface area (Å²) in [5.74, 6) is -0.906. The number of aromatic nitrogens is 1. The number of nitrogens with one attached hydrogen (secondary N) is 1.